The van der Waals surface area contributed by atoms with Gasteiger partial charge in [-0.15, -0.1) is 11.3 Å². The number of methoxy groups -OCH3 is 1. The zero-order valence-electron chi connectivity index (χ0n) is 15.2. The Labute approximate surface area is 171 Å². The first-order valence-electron chi connectivity index (χ1n) is 8.31. The molecule has 3 rings (SSSR count). The van der Waals surface area contributed by atoms with Gasteiger partial charge in [-0.05, 0) is 35.7 Å². The van der Waals surface area contributed by atoms with Gasteiger partial charge in [0.2, 0.25) is 0 Å². The monoisotopic (exact) mass is 431 g/mol. The third kappa shape index (κ3) is 4.73. The number of sulfonamides is 1. The Balaban J connectivity index is 1.74. The van der Waals surface area contributed by atoms with Gasteiger partial charge in [-0.25, -0.2) is 8.42 Å². The summed E-state index contributed by atoms with van der Waals surface area (Å²) in [7, 11) is -2.39. The van der Waals surface area contributed by atoms with E-state index in [4.69, 9.17) is 4.74 Å². The minimum atomic E-state index is -3.82. The molecular formula is C19H17N3O5S2. The van der Waals surface area contributed by atoms with E-state index in [2.05, 4.69) is 15.6 Å². The lowest BCUT2D eigenvalue weighted by Crippen LogP contribution is -2.42. The first kappa shape index (κ1) is 20.4. The summed E-state index contributed by atoms with van der Waals surface area (Å²) in [5.74, 6) is -0.909. The van der Waals surface area contributed by atoms with E-state index in [-0.39, 0.29) is 21.0 Å². The standard InChI is InChI=1S/C19H17N3O5S2/c1-27-16-10-5-3-8-14(16)19(24)21-20-18(23)13-7-2-4-9-15(13)22-29(25,26)17-11-6-12-28-17/h2-12,22H,1H3,(H,20,23)(H,21,24). The average Bonchev–Trinajstić information content (AvgIpc) is 3.28. The average molecular weight is 431 g/mol. The molecule has 8 nitrogen and oxygen atoms in total. The molecule has 29 heavy (non-hydrogen) atoms. The fraction of sp³-hybridized carbons (Fsp3) is 0.0526. The maximum Gasteiger partial charge on any atom is 0.273 e. The summed E-state index contributed by atoms with van der Waals surface area (Å²) in [6.45, 7) is 0. The van der Waals surface area contributed by atoms with Crippen LogP contribution in [0.25, 0.3) is 0 Å². The van der Waals surface area contributed by atoms with Crippen molar-refractivity contribution in [2.75, 3.05) is 11.8 Å². The molecule has 0 spiro atoms. The molecule has 0 bridgehead atoms. The van der Waals surface area contributed by atoms with Crippen molar-refractivity contribution in [1.82, 2.24) is 10.9 Å². The largest absolute Gasteiger partial charge is 0.496 e. The maximum atomic E-state index is 12.5. The van der Waals surface area contributed by atoms with Gasteiger partial charge in [0.25, 0.3) is 21.8 Å². The van der Waals surface area contributed by atoms with Crippen LogP contribution in [-0.2, 0) is 10.0 Å². The second-order valence-electron chi connectivity index (χ2n) is 5.69. The third-order valence-electron chi connectivity index (χ3n) is 3.82. The molecule has 0 aliphatic rings. The predicted octanol–water partition coefficient (Wildman–Crippen LogP) is 2.63. The first-order valence-corrected chi connectivity index (χ1v) is 10.7. The molecule has 0 saturated carbocycles. The Bertz CT molecular complexity index is 1130. The van der Waals surface area contributed by atoms with Crippen LogP contribution in [0.4, 0.5) is 5.69 Å². The number of benzene rings is 2. The predicted molar refractivity (Wildman–Crippen MR) is 109 cm³/mol. The van der Waals surface area contributed by atoms with Crippen LogP contribution in [0.1, 0.15) is 20.7 Å². The molecule has 0 fully saturated rings. The number of rotatable bonds is 6. The number of carbonyl (C=O) groups excluding carboxylic acids is 2. The summed E-state index contributed by atoms with van der Waals surface area (Å²) in [5.41, 5.74) is 4.95. The molecule has 2 amide bonds. The normalized spacial score (nSPS) is 10.8. The Morgan fingerprint density at radius 3 is 2.14 bits per heavy atom. The van der Waals surface area contributed by atoms with Crippen molar-refractivity contribution in [3.63, 3.8) is 0 Å². The number of hydrogen-bond acceptors (Lipinski definition) is 6. The van der Waals surface area contributed by atoms with E-state index in [9.17, 15) is 18.0 Å². The van der Waals surface area contributed by atoms with E-state index in [0.29, 0.717) is 5.75 Å². The number of para-hydroxylation sites is 2. The third-order valence-corrected chi connectivity index (χ3v) is 6.58. The zero-order valence-corrected chi connectivity index (χ0v) is 16.8. The molecule has 150 valence electrons. The number of anilines is 1. The lowest BCUT2D eigenvalue weighted by molar-refractivity contribution is 0.0845. The fourth-order valence-electron chi connectivity index (χ4n) is 2.46. The summed E-state index contributed by atoms with van der Waals surface area (Å²) in [4.78, 5) is 24.9. The highest BCUT2D eigenvalue weighted by atomic mass is 32.2. The van der Waals surface area contributed by atoms with Crippen molar-refractivity contribution in [3.8, 4) is 5.75 Å². The highest BCUT2D eigenvalue weighted by molar-refractivity contribution is 7.94. The van der Waals surface area contributed by atoms with Crippen LogP contribution < -0.4 is 20.3 Å². The van der Waals surface area contributed by atoms with Gasteiger partial charge in [0, 0.05) is 0 Å². The van der Waals surface area contributed by atoms with E-state index >= 15 is 0 Å². The van der Waals surface area contributed by atoms with Crippen LogP contribution >= 0.6 is 11.3 Å². The molecule has 3 N–H and O–H groups in total. The van der Waals surface area contributed by atoms with Gasteiger partial charge in [0.15, 0.2) is 0 Å². The van der Waals surface area contributed by atoms with Crippen LogP contribution in [0.5, 0.6) is 5.75 Å². The highest BCUT2D eigenvalue weighted by Gasteiger charge is 2.20. The van der Waals surface area contributed by atoms with Gasteiger partial charge < -0.3 is 4.74 Å². The van der Waals surface area contributed by atoms with Gasteiger partial charge >= 0.3 is 0 Å². The van der Waals surface area contributed by atoms with Crippen LogP contribution in [0.3, 0.4) is 0 Å². The molecule has 0 aliphatic carbocycles. The lowest BCUT2D eigenvalue weighted by Gasteiger charge is -2.13. The minimum absolute atomic E-state index is 0.0490. The van der Waals surface area contributed by atoms with E-state index in [1.165, 1.54) is 25.3 Å². The minimum Gasteiger partial charge on any atom is -0.496 e. The number of thiophene rings is 1. The molecule has 0 saturated heterocycles. The van der Waals surface area contributed by atoms with Crippen LogP contribution in [-0.4, -0.2) is 27.3 Å². The van der Waals surface area contributed by atoms with E-state index in [1.54, 1.807) is 47.8 Å². The molecule has 1 aromatic heterocycles. The molecule has 0 atom stereocenters. The molecule has 1 heterocycles. The van der Waals surface area contributed by atoms with Crippen molar-refractivity contribution in [2.24, 2.45) is 0 Å². The Kier molecular flexibility index (Phi) is 6.15. The van der Waals surface area contributed by atoms with Crippen LogP contribution in [0.2, 0.25) is 0 Å². The Morgan fingerprint density at radius 1 is 0.862 bits per heavy atom. The molecule has 0 unspecified atom stereocenters. The molecule has 3 aromatic rings. The summed E-state index contributed by atoms with van der Waals surface area (Å²) < 4.78 is 32.5. The second-order valence-corrected chi connectivity index (χ2v) is 8.55. The number of carbonyl (C=O) groups is 2. The summed E-state index contributed by atoms with van der Waals surface area (Å²) >= 11 is 1.06. The summed E-state index contributed by atoms with van der Waals surface area (Å²) in [5, 5.41) is 1.64. The fourth-order valence-corrected chi connectivity index (χ4v) is 4.53. The van der Waals surface area contributed by atoms with Gasteiger partial charge in [-0.1, -0.05) is 30.3 Å². The highest BCUT2D eigenvalue weighted by Crippen LogP contribution is 2.23. The number of hydrogen-bond donors (Lipinski definition) is 3. The molecular weight excluding hydrogens is 414 g/mol. The molecule has 0 radical (unpaired) electrons. The number of hydrazine groups is 1. The molecule has 0 aliphatic heterocycles. The smallest absolute Gasteiger partial charge is 0.273 e. The van der Waals surface area contributed by atoms with Crippen molar-refractivity contribution in [2.45, 2.75) is 4.21 Å². The van der Waals surface area contributed by atoms with Crippen molar-refractivity contribution >= 4 is 38.9 Å². The van der Waals surface area contributed by atoms with E-state index in [0.717, 1.165) is 11.3 Å². The van der Waals surface area contributed by atoms with Crippen molar-refractivity contribution in [3.05, 3.63) is 77.2 Å². The van der Waals surface area contributed by atoms with Gasteiger partial charge in [0.05, 0.1) is 23.9 Å². The lowest BCUT2D eigenvalue weighted by atomic mass is 10.2. The Morgan fingerprint density at radius 2 is 1.48 bits per heavy atom. The van der Waals surface area contributed by atoms with E-state index in [1.807, 2.05) is 0 Å². The zero-order chi connectivity index (χ0) is 20.9. The maximum absolute atomic E-state index is 12.5. The second kappa shape index (κ2) is 8.76. The van der Waals surface area contributed by atoms with Crippen molar-refractivity contribution in [1.29, 1.82) is 0 Å². The summed E-state index contributed by atoms with van der Waals surface area (Å²) in [6, 6.07) is 15.7. The Hall–Kier alpha value is -3.37. The number of amides is 2. The SMILES string of the molecule is COc1ccccc1C(=O)NNC(=O)c1ccccc1NS(=O)(=O)c1cccs1. The first-order chi connectivity index (χ1) is 13.9. The van der Waals surface area contributed by atoms with Crippen LogP contribution in [0, 0.1) is 0 Å². The van der Waals surface area contributed by atoms with Gasteiger partial charge in [0.1, 0.15) is 9.96 Å². The summed E-state index contributed by atoms with van der Waals surface area (Å²) in [6.07, 6.45) is 0. The van der Waals surface area contributed by atoms with Gasteiger partial charge in [-0.2, -0.15) is 0 Å². The molecule has 2 aromatic carbocycles. The van der Waals surface area contributed by atoms with Crippen molar-refractivity contribution < 1.29 is 22.7 Å². The quantitative estimate of drug-likeness (QED) is 0.519. The molecule has 10 heteroatoms. The van der Waals surface area contributed by atoms with E-state index < -0.39 is 21.8 Å². The number of nitrogens with one attached hydrogen (secondary N) is 3. The number of ether oxygens (including phenoxy) is 1. The van der Waals surface area contributed by atoms with Gasteiger partial charge in [-0.3, -0.25) is 25.2 Å². The van der Waals surface area contributed by atoms with Crippen LogP contribution in [0.15, 0.2) is 70.3 Å². The topological polar surface area (TPSA) is 114 Å².